The number of hydrogen-bond acceptors (Lipinski definition) is 3. The van der Waals surface area contributed by atoms with Gasteiger partial charge in [0, 0.05) is 34.3 Å². The summed E-state index contributed by atoms with van der Waals surface area (Å²) in [7, 11) is 0. The highest BCUT2D eigenvalue weighted by Gasteiger charge is 2.15. The molecule has 110 valence electrons. The van der Waals surface area contributed by atoms with Crippen LogP contribution in [0.1, 0.15) is 24.1 Å². The lowest BCUT2D eigenvalue weighted by atomic mass is 10.1. The molecule has 0 saturated heterocycles. The van der Waals surface area contributed by atoms with Gasteiger partial charge in [-0.2, -0.15) is 0 Å². The van der Waals surface area contributed by atoms with Gasteiger partial charge in [0.05, 0.1) is 4.92 Å². The zero-order valence-corrected chi connectivity index (χ0v) is 12.9. The summed E-state index contributed by atoms with van der Waals surface area (Å²) in [4.78, 5) is 10.5. The van der Waals surface area contributed by atoms with Crippen LogP contribution < -0.4 is 5.32 Å². The van der Waals surface area contributed by atoms with E-state index in [0.717, 1.165) is 0 Å². The van der Waals surface area contributed by atoms with Gasteiger partial charge in [0.1, 0.15) is 5.82 Å². The lowest BCUT2D eigenvalue weighted by molar-refractivity contribution is -0.385. The molecule has 0 bridgehead atoms. The van der Waals surface area contributed by atoms with Crippen LogP contribution in [0.4, 0.5) is 10.1 Å². The van der Waals surface area contributed by atoms with Gasteiger partial charge in [0.2, 0.25) is 0 Å². The third kappa shape index (κ3) is 3.86. The van der Waals surface area contributed by atoms with Gasteiger partial charge in [-0.15, -0.1) is 0 Å². The minimum Gasteiger partial charge on any atom is -0.306 e. The molecule has 0 radical (unpaired) electrons. The molecule has 21 heavy (non-hydrogen) atoms. The van der Waals surface area contributed by atoms with E-state index in [-0.39, 0.29) is 17.5 Å². The molecule has 2 aromatic rings. The average Bonchev–Trinajstić information content (AvgIpc) is 2.45. The molecule has 0 fully saturated rings. The Morgan fingerprint density at radius 2 is 2.05 bits per heavy atom. The Bertz CT molecular complexity index is 664. The third-order valence-electron chi connectivity index (χ3n) is 3.22. The van der Waals surface area contributed by atoms with Crippen molar-refractivity contribution >= 4 is 21.6 Å². The van der Waals surface area contributed by atoms with Crippen LogP contribution in [0.3, 0.4) is 0 Å². The maximum atomic E-state index is 13.9. The van der Waals surface area contributed by atoms with Gasteiger partial charge in [-0.1, -0.05) is 40.2 Å². The fourth-order valence-electron chi connectivity index (χ4n) is 2.06. The summed E-state index contributed by atoms with van der Waals surface area (Å²) in [6.45, 7) is 2.12. The minimum absolute atomic E-state index is 0.0634. The highest BCUT2D eigenvalue weighted by atomic mass is 79.9. The standard InChI is InChI=1S/C15H14BrFN2O2/c1-10(13-7-6-12(16)8-14(13)17)18-9-11-4-2-3-5-15(11)19(20)21/h2-8,10,18H,9H2,1H3. The van der Waals surface area contributed by atoms with E-state index in [4.69, 9.17) is 0 Å². The summed E-state index contributed by atoms with van der Waals surface area (Å²) in [6, 6.07) is 11.1. The van der Waals surface area contributed by atoms with Crippen molar-refractivity contribution in [2.45, 2.75) is 19.5 Å². The number of nitro benzene ring substituents is 1. The quantitative estimate of drug-likeness (QED) is 0.642. The zero-order chi connectivity index (χ0) is 15.4. The fraction of sp³-hybridized carbons (Fsp3) is 0.200. The molecule has 0 spiro atoms. The number of halogens is 2. The number of nitrogens with zero attached hydrogens (tertiary/aromatic N) is 1. The number of nitro groups is 1. The summed E-state index contributed by atoms with van der Waals surface area (Å²) >= 11 is 3.21. The molecule has 0 aliphatic carbocycles. The summed E-state index contributed by atoms with van der Waals surface area (Å²) < 4.78 is 14.5. The summed E-state index contributed by atoms with van der Waals surface area (Å²) in [6.07, 6.45) is 0. The molecular formula is C15H14BrFN2O2. The second kappa shape index (κ2) is 6.78. The lowest BCUT2D eigenvalue weighted by Crippen LogP contribution is -2.19. The number of rotatable bonds is 5. The predicted molar refractivity (Wildman–Crippen MR) is 82.5 cm³/mol. The summed E-state index contributed by atoms with van der Waals surface area (Å²) in [5.74, 6) is -0.313. The Morgan fingerprint density at radius 1 is 1.33 bits per heavy atom. The summed E-state index contributed by atoms with van der Waals surface area (Å²) in [5, 5.41) is 14.1. The molecule has 1 N–H and O–H groups in total. The van der Waals surface area contributed by atoms with Crippen molar-refractivity contribution in [3.63, 3.8) is 0 Å². The van der Waals surface area contributed by atoms with Crippen molar-refractivity contribution in [1.82, 2.24) is 5.32 Å². The van der Waals surface area contributed by atoms with Crippen LogP contribution >= 0.6 is 15.9 Å². The molecule has 0 saturated carbocycles. The lowest BCUT2D eigenvalue weighted by Gasteiger charge is -2.15. The second-order valence-corrected chi connectivity index (χ2v) is 5.57. The predicted octanol–water partition coefficient (Wildman–Crippen LogP) is 4.35. The Balaban J connectivity index is 2.11. The van der Waals surface area contributed by atoms with Gasteiger partial charge in [0.25, 0.3) is 5.69 Å². The molecule has 1 atom stereocenters. The van der Waals surface area contributed by atoms with E-state index in [1.165, 1.54) is 12.1 Å². The molecule has 0 heterocycles. The first-order valence-electron chi connectivity index (χ1n) is 6.39. The Hall–Kier alpha value is -1.79. The van der Waals surface area contributed by atoms with Crippen molar-refractivity contribution in [3.05, 3.63) is 74.0 Å². The Labute approximate surface area is 130 Å². The van der Waals surface area contributed by atoms with Crippen LogP contribution in [0.15, 0.2) is 46.9 Å². The van der Waals surface area contributed by atoms with Gasteiger partial charge in [-0.25, -0.2) is 4.39 Å². The molecular weight excluding hydrogens is 339 g/mol. The highest BCUT2D eigenvalue weighted by molar-refractivity contribution is 9.10. The van der Waals surface area contributed by atoms with Crippen molar-refractivity contribution in [3.8, 4) is 0 Å². The number of nitrogens with one attached hydrogen (secondary N) is 1. The normalized spacial score (nSPS) is 12.1. The first kappa shape index (κ1) is 15.6. The van der Waals surface area contributed by atoms with Gasteiger partial charge in [0.15, 0.2) is 0 Å². The van der Waals surface area contributed by atoms with E-state index in [1.807, 2.05) is 6.92 Å². The average molecular weight is 353 g/mol. The number of hydrogen-bond donors (Lipinski definition) is 1. The highest BCUT2D eigenvalue weighted by Crippen LogP contribution is 2.22. The van der Waals surface area contributed by atoms with Crippen LogP contribution in [-0.4, -0.2) is 4.92 Å². The first-order valence-corrected chi connectivity index (χ1v) is 7.19. The van der Waals surface area contributed by atoms with Gasteiger partial charge in [-0.05, 0) is 19.1 Å². The van der Waals surface area contributed by atoms with E-state index >= 15 is 0 Å². The van der Waals surface area contributed by atoms with E-state index < -0.39 is 4.92 Å². The topological polar surface area (TPSA) is 55.2 Å². The minimum atomic E-state index is -0.415. The van der Waals surface area contributed by atoms with Gasteiger partial charge in [-0.3, -0.25) is 10.1 Å². The van der Waals surface area contributed by atoms with Gasteiger partial charge < -0.3 is 5.32 Å². The van der Waals surface area contributed by atoms with Crippen molar-refractivity contribution in [2.75, 3.05) is 0 Å². The van der Waals surface area contributed by atoms with E-state index in [2.05, 4.69) is 21.2 Å². The van der Waals surface area contributed by atoms with Crippen LogP contribution in [-0.2, 0) is 6.54 Å². The molecule has 4 nitrogen and oxygen atoms in total. The molecule has 0 amide bonds. The van der Waals surface area contributed by atoms with Crippen molar-refractivity contribution in [1.29, 1.82) is 0 Å². The van der Waals surface area contributed by atoms with Crippen LogP contribution in [0.2, 0.25) is 0 Å². The summed E-state index contributed by atoms with van der Waals surface area (Å²) in [5.41, 5.74) is 1.16. The molecule has 2 aromatic carbocycles. The molecule has 0 aliphatic heterocycles. The third-order valence-corrected chi connectivity index (χ3v) is 3.71. The molecule has 6 heteroatoms. The maximum Gasteiger partial charge on any atom is 0.273 e. The fourth-order valence-corrected chi connectivity index (χ4v) is 2.40. The zero-order valence-electron chi connectivity index (χ0n) is 11.3. The van der Waals surface area contributed by atoms with Crippen LogP contribution in [0.5, 0.6) is 0 Å². The molecule has 0 aliphatic rings. The van der Waals surface area contributed by atoms with E-state index in [0.29, 0.717) is 22.1 Å². The SMILES string of the molecule is CC(NCc1ccccc1[N+](=O)[O-])c1ccc(Br)cc1F. The molecule has 1 unspecified atom stereocenters. The molecule has 2 rings (SSSR count). The van der Waals surface area contributed by atoms with Crippen molar-refractivity contribution in [2.24, 2.45) is 0 Å². The number of para-hydroxylation sites is 1. The van der Waals surface area contributed by atoms with Crippen LogP contribution in [0, 0.1) is 15.9 Å². The Morgan fingerprint density at radius 3 is 2.71 bits per heavy atom. The molecule has 0 aromatic heterocycles. The van der Waals surface area contributed by atoms with Gasteiger partial charge >= 0.3 is 0 Å². The maximum absolute atomic E-state index is 13.9. The second-order valence-electron chi connectivity index (χ2n) is 4.65. The number of benzene rings is 2. The smallest absolute Gasteiger partial charge is 0.273 e. The van der Waals surface area contributed by atoms with E-state index in [9.17, 15) is 14.5 Å². The van der Waals surface area contributed by atoms with Crippen LogP contribution in [0.25, 0.3) is 0 Å². The van der Waals surface area contributed by atoms with E-state index in [1.54, 1.807) is 30.3 Å². The largest absolute Gasteiger partial charge is 0.306 e. The monoisotopic (exact) mass is 352 g/mol. The Kier molecular flexibility index (Phi) is 5.03. The van der Waals surface area contributed by atoms with Crippen molar-refractivity contribution < 1.29 is 9.31 Å². The first-order chi connectivity index (χ1) is 9.99.